The molecule has 112 valence electrons. The zero-order chi connectivity index (χ0) is 15.7. The minimum Gasteiger partial charge on any atom is -0.345 e. The average molecular weight is 330 g/mol. The molecular formula is C18H16ClNOS. The van der Waals surface area contributed by atoms with Crippen LogP contribution in [-0.4, -0.2) is 5.91 Å². The molecule has 0 bridgehead atoms. The number of halogens is 1. The monoisotopic (exact) mass is 329 g/mol. The molecule has 0 saturated carbocycles. The number of benzene rings is 2. The molecule has 1 aromatic heterocycles. The van der Waals surface area contributed by atoms with Gasteiger partial charge in [-0.3, -0.25) is 4.79 Å². The largest absolute Gasteiger partial charge is 0.345 e. The van der Waals surface area contributed by atoms with Crippen LogP contribution in [0.25, 0.3) is 10.1 Å². The van der Waals surface area contributed by atoms with Crippen LogP contribution in [0.15, 0.2) is 48.5 Å². The molecule has 3 rings (SSSR count). The van der Waals surface area contributed by atoms with Gasteiger partial charge >= 0.3 is 0 Å². The predicted molar refractivity (Wildman–Crippen MR) is 93.9 cm³/mol. The quantitative estimate of drug-likeness (QED) is 0.689. The van der Waals surface area contributed by atoms with E-state index in [-0.39, 0.29) is 11.9 Å². The minimum absolute atomic E-state index is 0.0586. The number of thiophene rings is 1. The smallest absolute Gasteiger partial charge is 0.263 e. The lowest BCUT2D eigenvalue weighted by molar-refractivity contribution is 0.0944. The number of hydrogen-bond donors (Lipinski definition) is 1. The molecule has 2 aromatic carbocycles. The Hall–Kier alpha value is -1.84. The molecule has 1 N–H and O–H groups in total. The first-order chi connectivity index (χ1) is 10.6. The Morgan fingerprint density at radius 1 is 1.18 bits per heavy atom. The van der Waals surface area contributed by atoms with Gasteiger partial charge in [-0.15, -0.1) is 11.3 Å². The van der Waals surface area contributed by atoms with Crippen LogP contribution in [0, 0.1) is 6.92 Å². The summed E-state index contributed by atoms with van der Waals surface area (Å²) < 4.78 is 1.04. The Morgan fingerprint density at radius 2 is 1.91 bits per heavy atom. The summed E-state index contributed by atoms with van der Waals surface area (Å²) in [6.07, 6.45) is 0. The van der Waals surface area contributed by atoms with Gasteiger partial charge in [-0.1, -0.05) is 54.1 Å². The SMILES string of the molecule is Cc1ccc2c(Cl)c(C(=O)NC(C)c3ccccc3)sc2c1. The molecule has 0 spiro atoms. The van der Waals surface area contributed by atoms with E-state index in [1.807, 2.05) is 56.3 Å². The zero-order valence-corrected chi connectivity index (χ0v) is 14.0. The van der Waals surface area contributed by atoms with Crippen LogP contribution in [0.2, 0.25) is 5.02 Å². The van der Waals surface area contributed by atoms with Crippen LogP contribution in [0.1, 0.15) is 33.8 Å². The molecule has 0 radical (unpaired) electrons. The van der Waals surface area contributed by atoms with E-state index in [1.54, 1.807) is 0 Å². The van der Waals surface area contributed by atoms with Crippen molar-refractivity contribution in [1.29, 1.82) is 0 Å². The highest BCUT2D eigenvalue weighted by Gasteiger charge is 2.19. The number of fused-ring (bicyclic) bond motifs is 1. The van der Waals surface area contributed by atoms with E-state index in [4.69, 9.17) is 11.6 Å². The third-order valence-electron chi connectivity index (χ3n) is 3.64. The van der Waals surface area contributed by atoms with Gasteiger partial charge in [0.15, 0.2) is 0 Å². The van der Waals surface area contributed by atoms with E-state index in [2.05, 4.69) is 11.4 Å². The van der Waals surface area contributed by atoms with E-state index in [0.717, 1.165) is 21.2 Å². The number of amides is 1. The number of nitrogens with one attached hydrogen (secondary N) is 1. The van der Waals surface area contributed by atoms with Crippen molar-refractivity contribution < 1.29 is 4.79 Å². The van der Waals surface area contributed by atoms with Crippen LogP contribution in [0.3, 0.4) is 0 Å². The predicted octanol–water partition coefficient (Wildman–Crippen LogP) is 5.35. The second-order valence-corrected chi connectivity index (χ2v) is 6.78. The molecule has 4 heteroatoms. The lowest BCUT2D eigenvalue weighted by atomic mass is 10.1. The minimum atomic E-state index is -0.125. The maximum absolute atomic E-state index is 12.5. The summed E-state index contributed by atoms with van der Waals surface area (Å²) in [6.45, 7) is 4.00. The zero-order valence-electron chi connectivity index (χ0n) is 12.4. The molecule has 3 aromatic rings. The van der Waals surface area contributed by atoms with Crippen molar-refractivity contribution in [3.8, 4) is 0 Å². The summed E-state index contributed by atoms with van der Waals surface area (Å²) in [4.78, 5) is 13.1. The Labute approximate surface area is 138 Å². The van der Waals surface area contributed by atoms with Gasteiger partial charge in [0.05, 0.1) is 11.1 Å². The van der Waals surface area contributed by atoms with E-state index in [9.17, 15) is 4.79 Å². The van der Waals surface area contributed by atoms with Crippen molar-refractivity contribution in [1.82, 2.24) is 5.32 Å². The number of carbonyl (C=O) groups excluding carboxylic acids is 1. The molecule has 0 aliphatic rings. The number of hydrogen-bond acceptors (Lipinski definition) is 2. The van der Waals surface area contributed by atoms with E-state index in [1.165, 1.54) is 11.3 Å². The van der Waals surface area contributed by atoms with Gasteiger partial charge in [-0.05, 0) is 31.0 Å². The van der Waals surface area contributed by atoms with Crippen molar-refractivity contribution in [2.75, 3.05) is 0 Å². The Balaban J connectivity index is 1.88. The number of carbonyl (C=O) groups is 1. The van der Waals surface area contributed by atoms with Crippen LogP contribution < -0.4 is 5.32 Å². The standard InChI is InChI=1S/C18H16ClNOS/c1-11-8-9-14-15(10-11)22-17(16(14)19)18(21)20-12(2)13-6-4-3-5-7-13/h3-10,12H,1-2H3,(H,20,21). The second-order valence-electron chi connectivity index (χ2n) is 5.35. The van der Waals surface area contributed by atoms with E-state index >= 15 is 0 Å². The van der Waals surface area contributed by atoms with Gasteiger partial charge in [0, 0.05) is 10.1 Å². The van der Waals surface area contributed by atoms with Gasteiger partial charge in [-0.25, -0.2) is 0 Å². The van der Waals surface area contributed by atoms with Crippen molar-refractivity contribution in [2.45, 2.75) is 19.9 Å². The second kappa shape index (κ2) is 6.11. The molecule has 1 heterocycles. The molecule has 0 fully saturated rings. The summed E-state index contributed by atoms with van der Waals surface area (Å²) in [5.41, 5.74) is 2.24. The van der Waals surface area contributed by atoms with Crippen LogP contribution in [-0.2, 0) is 0 Å². The Bertz CT molecular complexity index is 826. The lowest BCUT2D eigenvalue weighted by Gasteiger charge is -2.13. The van der Waals surface area contributed by atoms with Crippen molar-refractivity contribution in [3.05, 3.63) is 69.6 Å². The molecule has 0 aliphatic heterocycles. The fourth-order valence-corrected chi connectivity index (χ4v) is 3.92. The summed E-state index contributed by atoms with van der Waals surface area (Å²) in [5.74, 6) is -0.125. The summed E-state index contributed by atoms with van der Waals surface area (Å²) >= 11 is 7.82. The molecule has 0 aliphatic carbocycles. The van der Waals surface area contributed by atoms with E-state index in [0.29, 0.717) is 9.90 Å². The maximum Gasteiger partial charge on any atom is 0.263 e. The van der Waals surface area contributed by atoms with Crippen LogP contribution in [0.4, 0.5) is 0 Å². The highest BCUT2D eigenvalue weighted by molar-refractivity contribution is 7.21. The van der Waals surface area contributed by atoms with Gasteiger partial charge in [0.2, 0.25) is 0 Å². The Morgan fingerprint density at radius 3 is 2.64 bits per heavy atom. The number of rotatable bonds is 3. The van der Waals surface area contributed by atoms with E-state index < -0.39 is 0 Å². The average Bonchev–Trinajstić information content (AvgIpc) is 2.84. The summed E-state index contributed by atoms with van der Waals surface area (Å²) in [6, 6.07) is 15.9. The lowest BCUT2D eigenvalue weighted by Crippen LogP contribution is -2.26. The topological polar surface area (TPSA) is 29.1 Å². The molecule has 1 atom stereocenters. The van der Waals surface area contributed by atoms with Crippen molar-refractivity contribution in [2.24, 2.45) is 0 Å². The fourth-order valence-electron chi connectivity index (χ4n) is 2.41. The maximum atomic E-state index is 12.5. The third kappa shape index (κ3) is 2.87. The molecule has 22 heavy (non-hydrogen) atoms. The first-order valence-corrected chi connectivity index (χ1v) is 8.30. The first-order valence-electron chi connectivity index (χ1n) is 7.10. The van der Waals surface area contributed by atoms with Gasteiger partial charge < -0.3 is 5.32 Å². The normalized spacial score (nSPS) is 12.3. The highest BCUT2D eigenvalue weighted by atomic mass is 35.5. The van der Waals surface area contributed by atoms with Crippen molar-refractivity contribution in [3.63, 3.8) is 0 Å². The van der Waals surface area contributed by atoms with Gasteiger partial charge in [-0.2, -0.15) is 0 Å². The molecule has 0 saturated heterocycles. The van der Waals surface area contributed by atoms with Crippen LogP contribution >= 0.6 is 22.9 Å². The summed E-state index contributed by atoms with van der Waals surface area (Å²) in [5, 5.41) is 4.50. The third-order valence-corrected chi connectivity index (χ3v) is 5.29. The van der Waals surface area contributed by atoms with Crippen LogP contribution in [0.5, 0.6) is 0 Å². The molecule has 1 amide bonds. The molecule has 1 unspecified atom stereocenters. The number of aryl methyl sites for hydroxylation is 1. The van der Waals surface area contributed by atoms with Crippen molar-refractivity contribution >= 4 is 38.9 Å². The summed E-state index contributed by atoms with van der Waals surface area (Å²) in [7, 11) is 0. The van der Waals surface area contributed by atoms with Gasteiger partial charge in [0.25, 0.3) is 5.91 Å². The van der Waals surface area contributed by atoms with Gasteiger partial charge in [0.1, 0.15) is 4.88 Å². The highest BCUT2D eigenvalue weighted by Crippen LogP contribution is 2.36. The fraction of sp³-hybridized carbons (Fsp3) is 0.167. The molecule has 2 nitrogen and oxygen atoms in total. The first kappa shape index (κ1) is 15.1. The Kier molecular flexibility index (Phi) is 4.19. The molecular weight excluding hydrogens is 314 g/mol.